The van der Waals surface area contributed by atoms with Gasteiger partial charge in [-0.15, -0.1) is 10.2 Å². The van der Waals surface area contributed by atoms with Crippen LogP contribution in [0.15, 0.2) is 47.5 Å². The zero-order valence-electron chi connectivity index (χ0n) is 19.6. The predicted octanol–water partition coefficient (Wildman–Crippen LogP) is 4.58. The molecule has 0 saturated heterocycles. The summed E-state index contributed by atoms with van der Waals surface area (Å²) < 4.78 is 7.48. The van der Waals surface area contributed by atoms with Gasteiger partial charge in [-0.1, -0.05) is 43.7 Å². The summed E-state index contributed by atoms with van der Waals surface area (Å²) in [6.07, 6.45) is 0.201. The first kappa shape index (κ1) is 23.2. The van der Waals surface area contributed by atoms with E-state index in [0.717, 1.165) is 34.1 Å². The standard InChI is InChI=1S/C23H25N5O2.C2H6.H2/c1-5-24-21(29)13-19-23-27-26-15(3)28(23)20-11-10-17(30-4)12-18(20)22(25-19)16-8-6-14(2)7-9-16;1-2;/h6-12,19H,5,13H2,1-4H3,(H,24,29);1-2H3;1H/t19-;;/m0../s1. The van der Waals surface area contributed by atoms with Crippen LogP contribution >= 0.6 is 0 Å². The fraction of sp³-hybridized carbons (Fsp3) is 0.360. The van der Waals surface area contributed by atoms with Crippen LogP contribution < -0.4 is 10.1 Å². The number of aliphatic imine (C=N–C) groups is 1. The summed E-state index contributed by atoms with van der Waals surface area (Å²) in [6.45, 7) is 10.4. The number of ether oxygens (including phenoxy) is 1. The van der Waals surface area contributed by atoms with E-state index in [0.29, 0.717) is 12.4 Å². The van der Waals surface area contributed by atoms with E-state index in [1.165, 1.54) is 5.56 Å². The third-order valence-electron chi connectivity index (χ3n) is 5.21. The van der Waals surface area contributed by atoms with Crippen molar-refractivity contribution in [3.63, 3.8) is 0 Å². The van der Waals surface area contributed by atoms with Gasteiger partial charge in [0, 0.05) is 19.1 Å². The molecule has 0 fully saturated rings. The van der Waals surface area contributed by atoms with Crippen molar-refractivity contribution >= 4 is 11.6 Å². The molecule has 2 aromatic carbocycles. The highest BCUT2D eigenvalue weighted by atomic mass is 16.5. The molecule has 7 nitrogen and oxygen atoms in total. The fourth-order valence-electron chi connectivity index (χ4n) is 3.73. The lowest BCUT2D eigenvalue weighted by atomic mass is 9.99. The third kappa shape index (κ3) is 4.56. The third-order valence-corrected chi connectivity index (χ3v) is 5.21. The Labute approximate surface area is 191 Å². The van der Waals surface area contributed by atoms with Crippen molar-refractivity contribution in [1.82, 2.24) is 20.1 Å². The first-order valence-electron chi connectivity index (χ1n) is 11.0. The second kappa shape index (κ2) is 10.2. The van der Waals surface area contributed by atoms with E-state index in [4.69, 9.17) is 9.73 Å². The molecule has 0 unspecified atom stereocenters. The summed E-state index contributed by atoms with van der Waals surface area (Å²) in [5, 5.41) is 11.5. The van der Waals surface area contributed by atoms with Gasteiger partial charge in [0.2, 0.25) is 5.91 Å². The minimum atomic E-state index is -0.451. The second-order valence-electron chi connectivity index (χ2n) is 7.34. The predicted molar refractivity (Wildman–Crippen MR) is 129 cm³/mol. The molecule has 1 atom stereocenters. The number of hydrogen-bond donors (Lipinski definition) is 1. The fourth-order valence-corrected chi connectivity index (χ4v) is 3.73. The van der Waals surface area contributed by atoms with Crippen LogP contribution in [0.3, 0.4) is 0 Å². The van der Waals surface area contributed by atoms with Crippen LogP contribution in [0.2, 0.25) is 0 Å². The highest BCUT2D eigenvalue weighted by molar-refractivity contribution is 6.15. The number of hydrogen-bond acceptors (Lipinski definition) is 5. The summed E-state index contributed by atoms with van der Waals surface area (Å²) in [5.41, 5.74) is 4.80. The van der Waals surface area contributed by atoms with Crippen molar-refractivity contribution in [2.75, 3.05) is 13.7 Å². The summed E-state index contributed by atoms with van der Waals surface area (Å²) in [6, 6.07) is 13.7. The molecule has 1 amide bonds. The van der Waals surface area contributed by atoms with Gasteiger partial charge in [-0.2, -0.15) is 0 Å². The summed E-state index contributed by atoms with van der Waals surface area (Å²) in [4.78, 5) is 17.5. The van der Waals surface area contributed by atoms with Gasteiger partial charge in [0.05, 0.1) is 24.9 Å². The van der Waals surface area contributed by atoms with Crippen molar-refractivity contribution < 1.29 is 11.0 Å². The maximum Gasteiger partial charge on any atom is 0.222 e. The minimum absolute atomic E-state index is 0. The number of carbonyl (C=O) groups is 1. The molecule has 1 aliphatic rings. The van der Waals surface area contributed by atoms with Gasteiger partial charge in [-0.3, -0.25) is 14.4 Å². The van der Waals surface area contributed by atoms with Gasteiger partial charge in [-0.05, 0) is 39.0 Å². The summed E-state index contributed by atoms with van der Waals surface area (Å²) in [7, 11) is 1.65. The number of rotatable bonds is 5. The van der Waals surface area contributed by atoms with Crippen molar-refractivity contribution in [3.8, 4) is 11.4 Å². The minimum Gasteiger partial charge on any atom is -0.497 e. The van der Waals surface area contributed by atoms with E-state index in [1.54, 1.807) is 7.11 Å². The smallest absolute Gasteiger partial charge is 0.222 e. The van der Waals surface area contributed by atoms with Gasteiger partial charge in [0.1, 0.15) is 17.6 Å². The van der Waals surface area contributed by atoms with Gasteiger partial charge in [-0.25, -0.2) is 0 Å². The first-order valence-corrected chi connectivity index (χ1v) is 11.0. The number of aromatic nitrogens is 3. The molecular weight excluding hydrogens is 402 g/mol. The van der Waals surface area contributed by atoms with Crippen LogP contribution in [0.5, 0.6) is 5.75 Å². The maximum absolute atomic E-state index is 12.4. The Morgan fingerprint density at radius 3 is 2.50 bits per heavy atom. The number of nitrogens with zero attached hydrogens (tertiary/aromatic N) is 4. The number of benzene rings is 2. The Balaban J connectivity index is 0.00000125. The number of fused-ring (bicyclic) bond motifs is 3. The molecule has 32 heavy (non-hydrogen) atoms. The van der Waals surface area contributed by atoms with Crippen molar-refractivity contribution in [3.05, 3.63) is 70.8 Å². The SMILES string of the molecule is CC.CCNC(=O)C[C@@H]1N=C(c2ccc(C)cc2)c2cc(OC)ccc2-n2c(C)nnc21.[HH]. The molecule has 2 heterocycles. The number of carbonyl (C=O) groups excluding carboxylic acids is 1. The van der Waals surface area contributed by atoms with Crippen LogP contribution in [0.25, 0.3) is 5.69 Å². The molecule has 0 radical (unpaired) electrons. The maximum atomic E-state index is 12.4. The number of methoxy groups -OCH3 is 1. The monoisotopic (exact) mass is 435 g/mol. The Kier molecular flexibility index (Phi) is 7.41. The van der Waals surface area contributed by atoms with Crippen LogP contribution in [-0.4, -0.2) is 40.0 Å². The van der Waals surface area contributed by atoms with E-state index >= 15 is 0 Å². The first-order chi connectivity index (χ1) is 15.5. The lowest BCUT2D eigenvalue weighted by Gasteiger charge is -2.14. The lowest BCUT2D eigenvalue weighted by molar-refractivity contribution is -0.121. The molecule has 1 aromatic heterocycles. The number of nitrogens with one attached hydrogen (secondary N) is 1. The summed E-state index contributed by atoms with van der Waals surface area (Å²) in [5.74, 6) is 2.08. The summed E-state index contributed by atoms with van der Waals surface area (Å²) >= 11 is 0. The van der Waals surface area contributed by atoms with Crippen molar-refractivity contribution in [2.45, 2.75) is 47.1 Å². The molecule has 4 rings (SSSR count). The highest BCUT2D eigenvalue weighted by Crippen LogP contribution is 2.34. The van der Waals surface area contributed by atoms with Crippen LogP contribution in [0.1, 0.15) is 63.0 Å². The molecule has 0 aliphatic carbocycles. The second-order valence-corrected chi connectivity index (χ2v) is 7.34. The molecule has 1 aliphatic heterocycles. The van der Waals surface area contributed by atoms with Gasteiger partial charge < -0.3 is 10.1 Å². The average molecular weight is 436 g/mol. The molecule has 0 spiro atoms. The lowest BCUT2D eigenvalue weighted by Crippen LogP contribution is -2.25. The zero-order valence-corrected chi connectivity index (χ0v) is 19.6. The van der Waals surface area contributed by atoms with Gasteiger partial charge >= 0.3 is 0 Å². The number of aryl methyl sites for hydroxylation is 2. The zero-order chi connectivity index (χ0) is 23.3. The molecular formula is C25H33N5O2. The molecule has 0 saturated carbocycles. The van der Waals surface area contributed by atoms with E-state index in [2.05, 4.69) is 46.7 Å². The highest BCUT2D eigenvalue weighted by Gasteiger charge is 2.29. The van der Waals surface area contributed by atoms with Crippen LogP contribution in [0, 0.1) is 13.8 Å². The topological polar surface area (TPSA) is 81.4 Å². The van der Waals surface area contributed by atoms with Crippen LogP contribution in [0.4, 0.5) is 0 Å². The van der Waals surface area contributed by atoms with E-state index < -0.39 is 6.04 Å². The molecule has 0 bridgehead atoms. The quantitative estimate of drug-likeness (QED) is 0.636. The van der Waals surface area contributed by atoms with Crippen molar-refractivity contribution in [2.24, 2.45) is 4.99 Å². The normalized spacial score (nSPS) is 14.2. The van der Waals surface area contributed by atoms with E-state index in [9.17, 15) is 4.79 Å². The molecule has 7 heteroatoms. The Morgan fingerprint density at radius 2 is 1.84 bits per heavy atom. The Morgan fingerprint density at radius 1 is 1.12 bits per heavy atom. The molecule has 3 aromatic rings. The van der Waals surface area contributed by atoms with E-state index in [-0.39, 0.29) is 13.8 Å². The van der Waals surface area contributed by atoms with Crippen molar-refractivity contribution in [1.29, 1.82) is 0 Å². The molecule has 170 valence electrons. The number of amides is 1. The van der Waals surface area contributed by atoms with Gasteiger partial charge in [0.25, 0.3) is 0 Å². The molecule has 1 N–H and O–H groups in total. The average Bonchev–Trinajstić information content (AvgIpc) is 3.13. The largest absolute Gasteiger partial charge is 0.497 e. The van der Waals surface area contributed by atoms with E-state index in [1.807, 2.05) is 50.5 Å². The Hall–Kier alpha value is -3.48. The van der Waals surface area contributed by atoms with Gasteiger partial charge in [0.15, 0.2) is 5.82 Å². The van der Waals surface area contributed by atoms with Crippen LogP contribution in [-0.2, 0) is 4.79 Å². The Bertz CT molecular complexity index is 1120.